The van der Waals surface area contributed by atoms with Crippen molar-refractivity contribution in [2.45, 2.75) is 12.6 Å². The number of hydrogen-bond donors (Lipinski definition) is 3. The van der Waals surface area contributed by atoms with Gasteiger partial charge in [-0.3, -0.25) is 0 Å². The van der Waals surface area contributed by atoms with Crippen LogP contribution in [-0.4, -0.2) is 16.5 Å². The molecule has 0 radical (unpaired) electrons. The molecule has 2 rings (SSSR count). The van der Waals surface area contributed by atoms with Crippen LogP contribution in [0, 0.1) is 0 Å². The molecule has 21 heavy (non-hydrogen) atoms. The number of halogens is 4. The van der Waals surface area contributed by atoms with Gasteiger partial charge in [0, 0.05) is 17.5 Å². The van der Waals surface area contributed by atoms with E-state index >= 15 is 0 Å². The molecule has 0 unspecified atom stereocenters. The summed E-state index contributed by atoms with van der Waals surface area (Å²) < 4.78 is 38.6. The van der Waals surface area contributed by atoms with Crippen LogP contribution in [0.25, 0.3) is 0 Å². The molecule has 2 aromatic heterocycles. The molecule has 2 heterocycles. The summed E-state index contributed by atoms with van der Waals surface area (Å²) in [4.78, 5) is 7.71. The Morgan fingerprint density at radius 3 is 2.52 bits per heavy atom. The van der Waals surface area contributed by atoms with Crippen LogP contribution in [0.1, 0.15) is 10.7 Å². The first kappa shape index (κ1) is 15.8. The first-order valence-electron chi connectivity index (χ1n) is 5.79. The molecule has 0 saturated carbocycles. The molecule has 0 saturated heterocycles. The third-order valence-electron chi connectivity index (χ3n) is 2.43. The van der Waals surface area contributed by atoms with Crippen LogP contribution in [0.5, 0.6) is 0 Å². The van der Waals surface area contributed by atoms with Crippen molar-refractivity contribution >= 4 is 34.6 Å². The van der Waals surface area contributed by atoms with Gasteiger partial charge in [0.15, 0.2) is 0 Å². The van der Waals surface area contributed by atoms with E-state index in [1.54, 1.807) is 6.07 Å². The fraction of sp³-hybridized carbons (Fsp3) is 0.273. The summed E-state index contributed by atoms with van der Waals surface area (Å²) in [7, 11) is 0. The summed E-state index contributed by atoms with van der Waals surface area (Å²) in [5.41, 5.74) is 2.08. The smallest absolute Gasteiger partial charge is 0.370 e. The lowest BCUT2D eigenvalue weighted by molar-refractivity contribution is -0.144. The maximum atomic E-state index is 12.6. The highest BCUT2D eigenvalue weighted by Gasteiger charge is 2.35. The summed E-state index contributed by atoms with van der Waals surface area (Å²) in [5, 5.41) is 2.81. The lowest BCUT2D eigenvalue weighted by atomic mass is 10.3. The molecule has 0 spiro atoms. The number of nitrogens with one attached hydrogen (secondary N) is 2. The normalized spacial score (nSPS) is 11.5. The van der Waals surface area contributed by atoms with Gasteiger partial charge in [-0.2, -0.15) is 13.2 Å². The fourth-order valence-electron chi connectivity index (χ4n) is 1.54. The Bertz CT molecular complexity index is 616. The number of nitrogens with zero attached hydrogens (tertiary/aromatic N) is 2. The third kappa shape index (κ3) is 4.45. The second-order valence-corrected chi connectivity index (χ2v) is 5.79. The average Bonchev–Trinajstić information content (AvgIpc) is 2.83. The van der Waals surface area contributed by atoms with Crippen molar-refractivity contribution < 1.29 is 13.2 Å². The highest BCUT2D eigenvalue weighted by Crippen LogP contribution is 2.28. The van der Waals surface area contributed by atoms with E-state index in [9.17, 15) is 13.2 Å². The zero-order chi connectivity index (χ0) is 15.5. The van der Waals surface area contributed by atoms with Gasteiger partial charge in [0.05, 0.1) is 4.34 Å². The number of rotatable bonds is 5. The first-order valence-corrected chi connectivity index (χ1v) is 6.99. The van der Waals surface area contributed by atoms with E-state index in [2.05, 4.69) is 20.7 Å². The molecule has 5 nitrogen and oxygen atoms in total. The molecule has 4 N–H and O–H groups in total. The molecule has 0 atom stereocenters. The van der Waals surface area contributed by atoms with E-state index in [4.69, 9.17) is 17.4 Å². The van der Waals surface area contributed by atoms with E-state index in [-0.39, 0.29) is 11.6 Å². The van der Waals surface area contributed by atoms with E-state index in [1.807, 2.05) is 6.07 Å². The van der Waals surface area contributed by atoms with Crippen molar-refractivity contribution in [2.24, 2.45) is 5.84 Å². The number of aromatic nitrogens is 2. The van der Waals surface area contributed by atoms with Crippen molar-refractivity contribution in [1.82, 2.24) is 9.97 Å². The minimum Gasteiger partial charge on any atom is -0.370 e. The molecular weight excluding hydrogens is 327 g/mol. The highest BCUT2D eigenvalue weighted by atomic mass is 35.5. The van der Waals surface area contributed by atoms with Crippen LogP contribution in [-0.2, 0) is 12.6 Å². The Morgan fingerprint density at radius 2 is 1.95 bits per heavy atom. The van der Waals surface area contributed by atoms with E-state index in [1.165, 1.54) is 17.4 Å². The zero-order valence-corrected chi connectivity index (χ0v) is 12.1. The van der Waals surface area contributed by atoms with Crippen molar-refractivity contribution in [2.75, 3.05) is 17.3 Å². The van der Waals surface area contributed by atoms with Crippen molar-refractivity contribution in [3.8, 4) is 0 Å². The molecule has 0 amide bonds. The Morgan fingerprint density at radius 1 is 1.24 bits per heavy atom. The Hall–Kier alpha value is -1.58. The number of alkyl halides is 3. The van der Waals surface area contributed by atoms with Crippen molar-refractivity contribution in [3.63, 3.8) is 0 Å². The molecule has 0 bridgehead atoms. The van der Waals surface area contributed by atoms with E-state index < -0.39 is 12.0 Å². The predicted molar refractivity (Wildman–Crippen MR) is 76.4 cm³/mol. The minimum absolute atomic E-state index is 0.0490. The Balaban J connectivity index is 2.05. The van der Waals surface area contributed by atoms with Crippen LogP contribution in [0.3, 0.4) is 0 Å². The van der Waals surface area contributed by atoms with Gasteiger partial charge in [0.1, 0.15) is 11.6 Å². The molecule has 2 aromatic rings. The number of hydrogen-bond acceptors (Lipinski definition) is 6. The van der Waals surface area contributed by atoms with Crippen LogP contribution >= 0.6 is 22.9 Å². The number of nitrogen functional groups attached to an aromatic ring is 1. The quantitative estimate of drug-likeness (QED) is 0.577. The van der Waals surface area contributed by atoms with Crippen LogP contribution in [0.2, 0.25) is 4.34 Å². The molecule has 0 aromatic carbocycles. The third-order valence-corrected chi connectivity index (χ3v) is 3.72. The van der Waals surface area contributed by atoms with Crippen LogP contribution in [0.15, 0.2) is 18.2 Å². The number of nitrogens with two attached hydrogens (primary N) is 1. The molecule has 0 aliphatic rings. The SMILES string of the molecule is NNc1cc(NCCc2ccc(Cl)s2)nc(C(F)(F)F)n1. The maximum absolute atomic E-state index is 12.6. The monoisotopic (exact) mass is 337 g/mol. The van der Waals surface area contributed by atoms with Gasteiger partial charge >= 0.3 is 6.18 Å². The van der Waals surface area contributed by atoms with Gasteiger partial charge in [-0.15, -0.1) is 11.3 Å². The molecule has 0 aliphatic heterocycles. The summed E-state index contributed by atoms with van der Waals surface area (Å²) in [6.45, 7) is 0.412. The molecule has 0 fully saturated rings. The van der Waals surface area contributed by atoms with Gasteiger partial charge in [0.2, 0.25) is 5.82 Å². The number of hydrazine groups is 1. The maximum Gasteiger partial charge on any atom is 0.451 e. The van der Waals surface area contributed by atoms with Gasteiger partial charge in [-0.05, 0) is 18.6 Å². The van der Waals surface area contributed by atoms with Crippen molar-refractivity contribution in [1.29, 1.82) is 0 Å². The number of thiophene rings is 1. The van der Waals surface area contributed by atoms with Crippen molar-refractivity contribution in [3.05, 3.63) is 33.2 Å². The zero-order valence-electron chi connectivity index (χ0n) is 10.5. The summed E-state index contributed by atoms with van der Waals surface area (Å²) in [6.07, 6.45) is -4.02. The number of anilines is 2. The summed E-state index contributed by atoms with van der Waals surface area (Å²) in [6, 6.07) is 4.93. The highest BCUT2D eigenvalue weighted by molar-refractivity contribution is 7.16. The van der Waals surface area contributed by atoms with Gasteiger partial charge in [-0.1, -0.05) is 11.6 Å². The van der Waals surface area contributed by atoms with E-state index in [0.29, 0.717) is 17.3 Å². The Kier molecular flexibility index (Phi) is 4.86. The lowest BCUT2D eigenvalue weighted by Crippen LogP contribution is -2.17. The molecular formula is C11H11ClF3N5S. The Labute approximate surface area is 127 Å². The fourth-order valence-corrected chi connectivity index (χ4v) is 2.63. The summed E-state index contributed by atoms with van der Waals surface area (Å²) >= 11 is 7.22. The van der Waals surface area contributed by atoms with Gasteiger partial charge < -0.3 is 10.7 Å². The summed E-state index contributed by atoms with van der Waals surface area (Å²) in [5.74, 6) is 3.79. The second kappa shape index (κ2) is 6.46. The minimum atomic E-state index is -4.63. The van der Waals surface area contributed by atoms with E-state index in [0.717, 1.165) is 4.88 Å². The van der Waals surface area contributed by atoms with Gasteiger partial charge in [0.25, 0.3) is 0 Å². The molecule has 10 heteroatoms. The lowest BCUT2D eigenvalue weighted by Gasteiger charge is -2.11. The largest absolute Gasteiger partial charge is 0.451 e. The average molecular weight is 338 g/mol. The standard InChI is InChI=1S/C11H11ClF3N5S/c12-7-2-1-6(21-7)3-4-17-8-5-9(20-16)19-10(18-8)11(13,14)15/h1-2,5H,3-4,16H2,(H2,17,18,19,20). The molecule has 0 aliphatic carbocycles. The van der Waals surface area contributed by atoms with Gasteiger partial charge in [-0.25, -0.2) is 15.8 Å². The first-order chi connectivity index (χ1) is 9.88. The second-order valence-electron chi connectivity index (χ2n) is 3.99. The van der Waals surface area contributed by atoms with Crippen LogP contribution < -0.4 is 16.6 Å². The molecule has 114 valence electrons. The van der Waals surface area contributed by atoms with Crippen LogP contribution in [0.4, 0.5) is 24.8 Å². The predicted octanol–water partition coefficient (Wildman–Crippen LogP) is 3.15. The topological polar surface area (TPSA) is 75.9 Å².